The van der Waals surface area contributed by atoms with E-state index in [0.717, 1.165) is 5.56 Å². The monoisotopic (exact) mass is 248 g/mol. The first-order valence-corrected chi connectivity index (χ1v) is 5.90. The molecule has 5 nitrogen and oxygen atoms in total. The van der Waals surface area contributed by atoms with E-state index >= 15 is 0 Å². The number of aromatic hydroxyl groups is 1. The summed E-state index contributed by atoms with van der Waals surface area (Å²) in [5, 5.41) is 11.8. The molecule has 2 rings (SSSR count). The predicted molar refractivity (Wildman–Crippen MR) is 65.7 cm³/mol. The van der Waals surface area contributed by atoms with Gasteiger partial charge in [-0.05, 0) is 24.6 Å². The van der Waals surface area contributed by atoms with E-state index in [0.29, 0.717) is 13.0 Å². The Kier molecular flexibility index (Phi) is 3.50. The van der Waals surface area contributed by atoms with Gasteiger partial charge >= 0.3 is 0 Å². The maximum Gasteiger partial charge on any atom is 0.242 e. The van der Waals surface area contributed by atoms with Crippen LogP contribution < -0.4 is 5.32 Å². The molecule has 96 valence electrons. The van der Waals surface area contributed by atoms with Crippen LogP contribution in [0.5, 0.6) is 5.75 Å². The summed E-state index contributed by atoms with van der Waals surface area (Å²) in [6.07, 6.45) is 0.323. The molecule has 2 amide bonds. The Morgan fingerprint density at radius 2 is 2.00 bits per heavy atom. The molecule has 0 aromatic heterocycles. The third-order valence-electron chi connectivity index (χ3n) is 3.06. The van der Waals surface area contributed by atoms with E-state index in [1.165, 1.54) is 0 Å². The molecule has 1 saturated heterocycles. The number of hydrogen-bond acceptors (Lipinski definition) is 3. The van der Waals surface area contributed by atoms with Gasteiger partial charge in [0.05, 0.1) is 6.54 Å². The Morgan fingerprint density at radius 3 is 2.67 bits per heavy atom. The van der Waals surface area contributed by atoms with Crippen molar-refractivity contribution in [1.82, 2.24) is 10.2 Å². The lowest BCUT2D eigenvalue weighted by atomic mass is 10.1. The van der Waals surface area contributed by atoms with Crippen LogP contribution >= 0.6 is 0 Å². The molecule has 18 heavy (non-hydrogen) atoms. The summed E-state index contributed by atoms with van der Waals surface area (Å²) < 4.78 is 0. The van der Waals surface area contributed by atoms with Crippen LogP contribution in [0.25, 0.3) is 0 Å². The molecule has 1 aromatic carbocycles. The van der Waals surface area contributed by atoms with Crippen molar-refractivity contribution in [2.75, 3.05) is 6.54 Å². The summed E-state index contributed by atoms with van der Waals surface area (Å²) in [6, 6.07) is 6.61. The van der Waals surface area contributed by atoms with Gasteiger partial charge in [0, 0.05) is 19.0 Å². The molecule has 0 bridgehead atoms. The fourth-order valence-electron chi connectivity index (χ4n) is 2.01. The van der Waals surface area contributed by atoms with Gasteiger partial charge in [-0.15, -0.1) is 0 Å². The van der Waals surface area contributed by atoms with Crippen LogP contribution in [0.2, 0.25) is 0 Å². The number of benzene rings is 1. The highest BCUT2D eigenvalue weighted by Crippen LogP contribution is 2.15. The fourth-order valence-corrected chi connectivity index (χ4v) is 2.01. The number of nitrogens with one attached hydrogen (secondary N) is 1. The number of rotatable bonds is 2. The third-order valence-corrected chi connectivity index (χ3v) is 3.06. The number of hydrogen-bond donors (Lipinski definition) is 2. The minimum Gasteiger partial charge on any atom is -0.508 e. The minimum absolute atomic E-state index is 0.0568. The lowest BCUT2D eigenvalue weighted by molar-refractivity contribution is -0.132. The van der Waals surface area contributed by atoms with Crippen molar-refractivity contribution in [2.24, 2.45) is 0 Å². The van der Waals surface area contributed by atoms with Crippen LogP contribution in [0, 0.1) is 0 Å². The lowest BCUT2D eigenvalue weighted by Crippen LogP contribution is -2.39. The highest BCUT2D eigenvalue weighted by molar-refractivity contribution is 5.87. The molecule has 0 spiro atoms. The topological polar surface area (TPSA) is 69.6 Å². The van der Waals surface area contributed by atoms with E-state index in [1.54, 1.807) is 29.2 Å². The average molecular weight is 248 g/mol. The molecule has 0 radical (unpaired) electrons. The molecule has 0 aliphatic carbocycles. The number of phenols is 1. The van der Waals surface area contributed by atoms with Gasteiger partial charge in [0.2, 0.25) is 11.8 Å². The first kappa shape index (κ1) is 12.4. The zero-order chi connectivity index (χ0) is 13.1. The van der Waals surface area contributed by atoms with Crippen molar-refractivity contribution >= 4 is 11.8 Å². The Labute approximate surface area is 105 Å². The van der Waals surface area contributed by atoms with Gasteiger partial charge in [-0.2, -0.15) is 0 Å². The van der Waals surface area contributed by atoms with Gasteiger partial charge in [0.25, 0.3) is 0 Å². The van der Waals surface area contributed by atoms with Crippen LogP contribution in [0.15, 0.2) is 24.3 Å². The summed E-state index contributed by atoms with van der Waals surface area (Å²) in [7, 11) is 0. The molecular formula is C13H16N2O3. The summed E-state index contributed by atoms with van der Waals surface area (Å²) in [4.78, 5) is 24.9. The lowest BCUT2D eigenvalue weighted by Gasteiger charge is -2.26. The molecule has 1 heterocycles. The standard InChI is InChI=1S/C13H16N2O3/c1-9-6-12(17)14-7-13(18)15(9)8-10-2-4-11(16)5-3-10/h2-5,9,16H,6-8H2,1H3,(H,14,17). The molecule has 1 atom stereocenters. The molecular weight excluding hydrogens is 232 g/mol. The minimum atomic E-state index is -0.117. The summed E-state index contributed by atoms with van der Waals surface area (Å²) >= 11 is 0. The largest absolute Gasteiger partial charge is 0.508 e. The highest BCUT2D eigenvalue weighted by atomic mass is 16.3. The molecule has 1 aliphatic rings. The molecule has 1 aliphatic heterocycles. The summed E-state index contributed by atoms with van der Waals surface area (Å²) in [5.41, 5.74) is 0.933. The second-order valence-electron chi connectivity index (χ2n) is 4.52. The molecule has 0 saturated carbocycles. The quantitative estimate of drug-likeness (QED) is 0.806. The second-order valence-corrected chi connectivity index (χ2v) is 4.52. The molecule has 1 fully saturated rings. The zero-order valence-electron chi connectivity index (χ0n) is 10.2. The van der Waals surface area contributed by atoms with E-state index in [-0.39, 0.29) is 30.2 Å². The maximum absolute atomic E-state index is 11.9. The van der Waals surface area contributed by atoms with Gasteiger partial charge in [0.1, 0.15) is 5.75 Å². The second kappa shape index (κ2) is 5.08. The van der Waals surface area contributed by atoms with Crippen molar-refractivity contribution in [2.45, 2.75) is 25.9 Å². The van der Waals surface area contributed by atoms with Crippen LogP contribution in [0.4, 0.5) is 0 Å². The van der Waals surface area contributed by atoms with Gasteiger partial charge in [-0.3, -0.25) is 9.59 Å². The van der Waals surface area contributed by atoms with Crippen molar-refractivity contribution in [3.05, 3.63) is 29.8 Å². The van der Waals surface area contributed by atoms with Crippen LogP contribution in [-0.4, -0.2) is 34.4 Å². The smallest absolute Gasteiger partial charge is 0.242 e. The maximum atomic E-state index is 11.9. The van der Waals surface area contributed by atoms with E-state index in [9.17, 15) is 14.7 Å². The normalized spacial score (nSPS) is 20.5. The number of nitrogens with zero attached hydrogens (tertiary/aromatic N) is 1. The molecule has 1 aromatic rings. The van der Waals surface area contributed by atoms with Crippen molar-refractivity contribution in [3.63, 3.8) is 0 Å². The first-order valence-electron chi connectivity index (χ1n) is 5.90. The Bertz CT molecular complexity index is 456. The Hall–Kier alpha value is -2.04. The van der Waals surface area contributed by atoms with Crippen LogP contribution in [0.1, 0.15) is 18.9 Å². The molecule has 1 unspecified atom stereocenters. The Morgan fingerprint density at radius 1 is 1.33 bits per heavy atom. The summed E-state index contributed by atoms with van der Waals surface area (Å²) in [5.74, 6) is 0.0244. The van der Waals surface area contributed by atoms with Gasteiger partial charge < -0.3 is 15.3 Å². The third kappa shape index (κ3) is 2.80. The van der Waals surface area contributed by atoms with Crippen molar-refractivity contribution in [1.29, 1.82) is 0 Å². The van der Waals surface area contributed by atoms with E-state index in [1.807, 2.05) is 6.92 Å². The van der Waals surface area contributed by atoms with Gasteiger partial charge in [0.15, 0.2) is 0 Å². The van der Waals surface area contributed by atoms with E-state index in [2.05, 4.69) is 5.32 Å². The number of amides is 2. The number of carbonyl (C=O) groups is 2. The average Bonchev–Trinajstić information content (AvgIpc) is 2.45. The van der Waals surface area contributed by atoms with E-state index in [4.69, 9.17) is 0 Å². The van der Waals surface area contributed by atoms with Crippen molar-refractivity contribution in [3.8, 4) is 5.75 Å². The fraction of sp³-hybridized carbons (Fsp3) is 0.385. The predicted octanol–water partition coefficient (Wildman–Crippen LogP) is 0.629. The highest BCUT2D eigenvalue weighted by Gasteiger charge is 2.26. The van der Waals surface area contributed by atoms with E-state index < -0.39 is 0 Å². The number of phenolic OH excluding ortho intramolecular Hbond substituents is 1. The zero-order valence-corrected chi connectivity index (χ0v) is 10.2. The summed E-state index contributed by atoms with van der Waals surface area (Å²) in [6.45, 7) is 2.37. The first-order chi connectivity index (χ1) is 8.56. The van der Waals surface area contributed by atoms with Crippen LogP contribution in [-0.2, 0) is 16.1 Å². The van der Waals surface area contributed by atoms with Crippen LogP contribution in [0.3, 0.4) is 0 Å². The van der Waals surface area contributed by atoms with Gasteiger partial charge in [-0.1, -0.05) is 12.1 Å². The number of carbonyl (C=O) groups excluding carboxylic acids is 2. The van der Waals surface area contributed by atoms with Crippen molar-refractivity contribution < 1.29 is 14.7 Å². The van der Waals surface area contributed by atoms with Gasteiger partial charge in [-0.25, -0.2) is 0 Å². The molecule has 5 heteroatoms. The molecule has 2 N–H and O–H groups in total. The SMILES string of the molecule is CC1CC(=O)NCC(=O)N1Cc1ccc(O)cc1. The Balaban J connectivity index is 2.12.